The molecule has 2 aliphatic rings. The van der Waals surface area contributed by atoms with Crippen molar-refractivity contribution < 1.29 is 27.5 Å². The summed E-state index contributed by atoms with van der Waals surface area (Å²) >= 11 is 0. The zero-order valence-electron chi connectivity index (χ0n) is 16.3. The zero-order chi connectivity index (χ0) is 20.3. The third-order valence-electron chi connectivity index (χ3n) is 4.93. The fourth-order valence-corrected chi connectivity index (χ4v) is 5.05. The highest BCUT2D eigenvalue weighted by Crippen LogP contribution is 2.32. The fraction of sp³-hybridized carbons (Fsp3) is 0.600. The van der Waals surface area contributed by atoms with Crippen LogP contribution in [0.2, 0.25) is 0 Å². The summed E-state index contributed by atoms with van der Waals surface area (Å²) in [5.41, 5.74) is 1.31. The number of nitrogens with zero attached hydrogens (tertiary/aromatic N) is 1. The third kappa shape index (κ3) is 5.54. The first kappa shape index (κ1) is 20.8. The van der Waals surface area contributed by atoms with E-state index < -0.39 is 15.8 Å². The van der Waals surface area contributed by atoms with Crippen molar-refractivity contribution >= 4 is 21.7 Å². The zero-order valence-corrected chi connectivity index (χ0v) is 17.1. The lowest BCUT2D eigenvalue weighted by Crippen LogP contribution is -2.44. The van der Waals surface area contributed by atoms with Gasteiger partial charge in [-0.1, -0.05) is 12.1 Å². The van der Waals surface area contributed by atoms with Gasteiger partial charge in [-0.3, -0.25) is 4.79 Å². The van der Waals surface area contributed by atoms with Crippen LogP contribution < -0.4 is 0 Å². The van der Waals surface area contributed by atoms with Gasteiger partial charge in [0.15, 0.2) is 16.4 Å². The molecule has 0 unspecified atom stereocenters. The van der Waals surface area contributed by atoms with E-state index in [1.807, 2.05) is 13.8 Å². The maximum absolute atomic E-state index is 12.6. The lowest BCUT2D eigenvalue weighted by Gasteiger charge is -2.28. The van der Waals surface area contributed by atoms with E-state index in [0.717, 1.165) is 18.4 Å². The molecule has 1 amide bonds. The second-order valence-corrected chi connectivity index (χ2v) is 9.95. The van der Waals surface area contributed by atoms with Gasteiger partial charge in [0, 0.05) is 12.1 Å². The average molecular weight is 410 g/mol. The van der Waals surface area contributed by atoms with Gasteiger partial charge in [-0.25, -0.2) is 13.2 Å². The van der Waals surface area contributed by atoms with Crippen LogP contribution in [0.25, 0.3) is 0 Å². The summed E-state index contributed by atoms with van der Waals surface area (Å²) in [6.45, 7) is 4.00. The van der Waals surface area contributed by atoms with Crippen LogP contribution in [0.5, 0.6) is 0 Å². The molecule has 0 N–H and O–H groups in total. The largest absolute Gasteiger partial charge is 0.452 e. The van der Waals surface area contributed by atoms with E-state index in [1.165, 1.54) is 0 Å². The van der Waals surface area contributed by atoms with Gasteiger partial charge in [-0.2, -0.15) is 0 Å². The smallest absolute Gasteiger partial charge is 0.338 e. The molecule has 1 heterocycles. The molecule has 7 nitrogen and oxygen atoms in total. The van der Waals surface area contributed by atoms with Gasteiger partial charge in [-0.05, 0) is 50.8 Å². The Morgan fingerprint density at radius 3 is 2.32 bits per heavy atom. The number of carbonyl (C=O) groups excluding carboxylic acids is 2. The molecule has 8 heteroatoms. The molecular weight excluding hydrogens is 382 g/mol. The van der Waals surface area contributed by atoms with Crippen molar-refractivity contribution in [1.29, 1.82) is 0 Å². The van der Waals surface area contributed by atoms with Crippen molar-refractivity contribution in [3.63, 3.8) is 0 Å². The summed E-state index contributed by atoms with van der Waals surface area (Å²) in [5.74, 6) is -0.774. The summed E-state index contributed by atoms with van der Waals surface area (Å²) in [4.78, 5) is 26.5. The lowest BCUT2D eigenvalue weighted by atomic mass is 10.1. The van der Waals surface area contributed by atoms with Crippen molar-refractivity contribution in [2.75, 3.05) is 18.1 Å². The molecule has 0 spiro atoms. The number of carbonyl (C=O) groups is 2. The van der Waals surface area contributed by atoms with Crippen LogP contribution >= 0.6 is 0 Å². The molecule has 1 saturated carbocycles. The predicted octanol–water partition coefficient (Wildman–Crippen LogP) is 1.95. The molecule has 0 bridgehead atoms. The number of esters is 1. The van der Waals surface area contributed by atoms with Crippen LogP contribution in [0.1, 0.15) is 49.0 Å². The molecule has 154 valence electrons. The molecular formula is C20H27NO6S. The lowest BCUT2D eigenvalue weighted by molar-refractivity contribution is -0.137. The molecule has 1 aliphatic carbocycles. The van der Waals surface area contributed by atoms with Crippen molar-refractivity contribution in [3.05, 3.63) is 35.4 Å². The van der Waals surface area contributed by atoms with Gasteiger partial charge < -0.3 is 14.4 Å². The normalized spacial score (nSPS) is 20.9. The molecule has 0 aromatic heterocycles. The molecule has 1 atom stereocenters. The predicted molar refractivity (Wildman–Crippen MR) is 104 cm³/mol. The van der Waals surface area contributed by atoms with Crippen molar-refractivity contribution in [2.24, 2.45) is 0 Å². The number of sulfone groups is 1. The Morgan fingerprint density at radius 1 is 1.11 bits per heavy atom. The van der Waals surface area contributed by atoms with E-state index in [4.69, 9.17) is 9.47 Å². The Labute approximate surface area is 165 Å². The monoisotopic (exact) mass is 409 g/mol. The van der Waals surface area contributed by atoms with Gasteiger partial charge >= 0.3 is 5.97 Å². The number of hydrogen-bond donors (Lipinski definition) is 0. The highest BCUT2D eigenvalue weighted by Gasteiger charge is 2.42. The highest BCUT2D eigenvalue weighted by atomic mass is 32.2. The summed E-state index contributed by atoms with van der Waals surface area (Å²) < 4.78 is 34.2. The summed E-state index contributed by atoms with van der Waals surface area (Å²) in [6, 6.07) is 6.65. The van der Waals surface area contributed by atoms with Gasteiger partial charge in [-0.15, -0.1) is 0 Å². The molecule has 1 aliphatic heterocycles. The second-order valence-electron chi connectivity index (χ2n) is 7.72. The first-order valence-electron chi connectivity index (χ1n) is 9.64. The fourth-order valence-electron chi connectivity index (χ4n) is 3.34. The Bertz CT molecular complexity index is 814. The van der Waals surface area contributed by atoms with Crippen molar-refractivity contribution in [2.45, 2.75) is 57.9 Å². The Kier molecular flexibility index (Phi) is 6.40. The van der Waals surface area contributed by atoms with Crippen LogP contribution in [-0.2, 0) is 30.7 Å². The van der Waals surface area contributed by atoms with Crippen LogP contribution in [0.4, 0.5) is 0 Å². The van der Waals surface area contributed by atoms with Crippen molar-refractivity contribution in [3.8, 4) is 0 Å². The Morgan fingerprint density at radius 2 is 1.79 bits per heavy atom. The first-order valence-corrected chi connectivity index (χ1v) is 11.5. The van der Waals surface area contributed by atoms with Gasteiger partial charge in [0.05, 0.1) is 29.8 Å². The maximum atomic E-state index is 12.6. The molecule has 1 saturated heterocycles. The molecule has 0 radical (unpaired) electrons. The second kappa shape index (κ2) is 8.61. The van der Waals surface area contributed by atoms with E-state index in [9.17, 15) is 18.0 Å². The van der Waals surface area contributed by atoms with Gasteiger partial charge in [0.2, 0.25) is 0 Å². The minimum absolute atomic E-state index is 0.00307. The SMILES string of the molecule is CC(C)OCc1ccc(C(=O)OCC(=O)N(C2CC2)[C@@H]2CCS(=O)(=O)C2)cc1. The van der Waals surface area contributed by atoms with Gasteiger partial charge in [0.25, 0.3) is 5.91 Å². The molecule has 3 rings (SSSR count). The standard InChI is InChI=1S/C20H27NO6S/c1-14(2)26-11-15-3-5-16(6-4-15)20(23)27-12-19(22)21(17-7-8-17)18-9-10-28(24,25)13-18/h3-6,14,17-18H,7-13H2,1-2H3/t18-/m1/s1. The maximum Gasteiger partial charge on any atom is 0.338 e. The van der Waals surface area contributed by atoms with E-state index in [-0.39, 0.29) is 42.2 Å². The highest BCUT2D eigenvalue weighted by molar-refractivity contribution is 7.91. The van der Waals surface area contributed by atoms with Crippen LogP contribution in [0.3, 0.4) is 0 Å². The van der Waals surface area contributed by atoms with Crippen molar-refractivity contribution in [1.82, 2.24) is 4.90 Å². The summed E-state index contributed by atoms with van der Waals surface area (Å²) in [5, 5.41) is 0. The molecule has 28 heavy (non-hydrogen) atoms. The summed E-state index contributed by atoms with van der Waals surface area (Å²) in [7, 11) is -3.08. The Hall–Kier alpha value is -1.93. The minimum atomic E-state index is -3.08. The number of amides is 1. The van der Waals surface area contributed by atoms with E-state index in [0.29, 0.717) is 18.6 Å². The quantitative estimate of drug-likeness (QED) is 0.610. The van der Waals surface area contributed by atoms with E-state index in [2.05, 4.69) is 0 Å². The summed E-state index contributed by atoms with van der Waals surface area (Å²) in [6.07, 6.45) is 2.32. The third-order valence-corrected chi connectivity index (χ3v) is 6.68. The average Bonchev–Trinajstić information content (AvgIpc) is 3.41. The number of hydrogen-bond acceptors (Lipinski definition) is 6. The van der Waals surface area contributed by atoms with E-state index in [1.54, 1.807) is 29.2 Å². The van der Waals surface area contributed by atoms with Gasteiger partial charge in [0.1, 0.15) is 0 Å². The van der Waals surface area contributed by atoms with Crippen LogP contribution in [-0.4, -0.2) is 61.5 Å². The number of benzene rings is 1. The number of ether oxygens (including phenoxy) is 2. The topological polar surface area (TPSA) is 90.0 Å². The van der Waals surface area contributed by atoms with E-state index >= 15 is 0 Å². The minimum Gasteiger partial charge on any atom is -0.452 e. The van der Waals surface area contributed by atoms with Crippen LogP contribution in [0.15, 0.2) is 24.3 Å². The number of rotatable bonds is 8. The first-order chi connectivity index (χ1) is 13.2. The Balaban J connectivity index is 1.53. The molecule has 2 fully saturated rings. The van der Waals surface area contributed by atoms with Crippen LogP contribution in [0, 0.1) is 0 Å². The molecule has 1 aromatic rings. The molecule has 1 aromatic carbocycles.